The molecule has 1 aromatic heterocycles. The van der Waals surface area contributed by atoms with Crippen molar-refractivity contribution in [1.82, 2.24) is 9.97 Å². The molecule has 0 saturated heterocycles. The van der Waals surface area contributed by atoms with E-state index in [4.69, 9.17) is 17.3 Å². The lowest BCUT2D eigenvalue weighted by molar-refractivity contribution is -0.116. The van der Waals surface area contributed by atoms with E-state index in [0.29, 0.717) is 18.8 Å². The summed E-state index contributed by atoms with van der Waals surface area (Å²) in [7, 11) is 0. The predicted molar refractivity (Wildman–Crippen MR) is 67.8 cm³/mol. The van der Waals surface area contributed by atoms with Gasteiger partial charge in [-0.2, -0.15) is 0 Å². The van der Waals surface area contributed by atoms with Gasteiger partial charge in [0, 0.05) is 12.6 Å². The van der Waals surface area contributed by atoms with Crippen molar-refractivity contribution >= 4 is 23.3 Å². The van der Waals surface area contributed by atoms with Crippen molar-refractivity contribution in [3.8, 4) is 0 Å². The summed E-state index contributed by atoms with van der Waals surface area (Å²) < 4.78 is 0. The fraction of sp³-hybridized carbons (Fsp3) is 0.545. The molecule has 1 aromatic rings. The van der Waals surface area contributed by atoms with E-state index >= 15 is 0 Å². The van der Waals surface area contributed by atoms with Gasteiger partial charge in [0.25, 0.3) is 0 Å². The van der Waals surface area contributed by atoms with Crippen molar-refractivity contribution in [2.45, 2.75) is 32.1 Å². The summed E-state index contributed by atoms with van der Waals surface area (Å²) >= 11 is 5.60. The van der Waals surface area contributed by atoms with E-state index in [1.807, 2.05) is 0 Å². The normalized spacial score (nSPS) is 10.2. The first-order valence-electron chi connectivity index (χ1n) is 5.71. The van der Waals surface area contributed by atoms with Gasteiger partial charge >= 0.3 is 0 Å². The van der Waals surface area contributed by atoms with Gasteiger partial charge in [0.2, 0.25) is 11.2 Å². The SMILES string of the molecule is NCCCCCCC(=O)Nc1ccnc(Cl)n1. The molecule has 1 amide bonds. The van der Waals surface area contributed by atoms with E-state index < -0.39 is 0 Å². The van der Waals surface area contributed by atoms with Crippen LogP contribution < -0.4 is 11.1 Å². The fourth-order valence-corrected chi connectivity index (χ4v) is 1.54. The van der Waals surface area contributed by atoms with Crippen LogP contribution in [0.3, 0.4) is 0 Å². The van der Waals surface area contributed by atoms with E-state index in [0.717, 1.165) is 25.7 Å². The Morgan fingerprint density at radius 3 is 2.82 bits per heavy atom. The quantitative estimate of drug-likeness (QED) is 0.577. The maximum absolute atomic E-state index is 11.5. The van der Waals surface area contributed by atoms with Gasteiger partial charge in [-0.15, -0.1) is 0 Å². The Morgan fingerprint density at radius 2 is 2.12 bits per heavy atom. The number of hydrogen-bond acceptors (Lipinski definition) is 4. The average molecular weight is 257 g/mol. The standard InChI is InChI=1S/C11H17ClN4O/c12-11-14-8-6-9(16-11)15-10(17)5-3-1-2-4-7-13/h6,8H,1-5,7,13H2,(H,14,15,16,17). The Kier molecular flexibility index (Phi) is 6.50. The Morgan fingerprint density at radius 1 is 1.35 bits per heavy atom. The number of nitrogens with two attached hydrogens (primary N) is 1. The Bertz CT molecular complexity index is 359. The van der Waals surface area contributed by atoms with E-state index in [9.17, 15) is 4.79 Å². The van der Waals surface area contributed by atoms with Crippen LogP contribution in [0.15, 0.2) is 12.3 Å². The van der Waals surface area contributed by atoms with Gasteiger partial charge < -0.3 is 11.1 Å². The summed E-state index contributed by atoms with van der Waals surface area (Å²) in [5, 5.41) is 2.80. The fourth-order valence-electron chi connectivity index (χ4n) is 1.39. The first-order valence-corrected chi connectivity index (χ1v) is 6.08. The molecule has 6 heteroatoms. The predicted octanol–water partition coefficient (Wildman–Crippen LogP) is 1.98. The van der Waals surface area contributed by atoms with Crippen LogP contribution in [0.5, 0.6) is 0 Å². The summed E-state index contributed by atoms with van der Waals surface area (Å²) in [5.74, 6) is 0.393. The zero-order chi connectivity index (χ0) is 12.5. The minimum Gasteiger partial charge on any atom is -0.330 e. The van der Waals surface area contributed by atoms with Crippen LogP contribution in [0.25, 0.3) is 0 Å². The number of hydrogen-bond donors (Lipinski definition) is 2. The van der Waals surface area contributed by atoms with Crippen LogP contribution in [0, 0.1) is 0 Å². The second-order valence-electron chi connectivity index (χ2n) is 3.71. The molecule has 1 heterocycles. The van der Waals surface area contributed by atoms with Gasteiger partial charge in [-0.25, -0.2) is 9.97 Å². The van der Waals surface area contributed by atoms with E-state index in [1.54, 1.807) is 6.07 Å². The summed E-state index contributed by atoms with van der Waals surface area (Å²) in [6, 6.07) is 1.61. The number of halogens is 1. The molecule has 0 bridgehead atoms. The van der Waals surface area contributed by atoms with Crippen molar-refractivity contribution in [2.75, 3.05) is 11.9 Å². The largest absolute Gasteiger partial charge is 0.330 e. The molecule has 0 spiro atoms. The molecule has 0 atom stereocenters. The van der Waals surface area contributed by atoms with E-state index in [1.165, 1.54) is 6.20 Å². The van der Waals surface area contributed by atoms with Gasteiger partial charge in [-0.05, 0) is 37.1 Å². The molecule has 0 fully saturated rings. The number of unbranched alkanes of at least 4 members (excludes halogenated alkanes) is 3. The first-order chi connectivity index (χ1) is 8.22. The summed E-state index contributed by atoms with van der Waals surface area (Å²) in [6.07, 6.45) is 5.98. The van der Waals surface area contributed by atoms with Gasteiger partial charge in [0.15, 0.2) is 0 Å². The summed E-state index contributed by atoms with van der Waals surface area (Å²) in [4.78, 5) is 19.1. The number of nitrogens with one attached hydrogen (secondary N) is 1. The molecule has 94 valence electrons. The molecule has 5 nitrogen and oxygen atoms in total. The van der Waals surface area contributed by atoms with Crippen molar-refractivity contribution < 1.29 is 4.79 Å². The monoisotopic (exact) mass is 256 g/mol. The van der Waals surface area contributed by atoms with Crippen molar-refractivity contribution in [3.63, 3.8) is 0 Å². The molecule has 0 aliphatic rings. The van der Waals surface area contributed by atoms with Crippen LogP contribution >= 0.6 is 11.6 Å². The molecule has 1 rings (SSSR count). The highest BCUT2D eigenvalue weighted by atomic mass is 35.5. The van der Waals surface area contributed by atoms with Crippen LogP contribution in [-0.4, -0.2) is 22.4 Å². The molecule has 0 radical (unpaired) electrons. The highest BCUT2D eigenvalue weighted by Gasteiger charge is 2.03. The highest BCUT2D eigenvalue weighted by molar-refractivity contribution is 6.28. The highest BCUT2D eigenvalue weighted by Crippen LogP contribution is 2.08. The number of amides is 1. The average Bonchev–Trinajstić information content (AvgIpc) is 2.29. The molecule has 3 N–H and O–H groups in total. The van der Waals surface area contributed by atoms with Gasteiger partial charge in [0.1, 0.15) is 5.82 Å². The molecule has 17 heavy (non-hydrogen) atoms. The molecule has 0 aliphatic heterocycles. The number of nitrogens with zero attached hydrogens (tertiary/aromatic N) is 2. The third kappa shape index (κ3) is 6.19. The third-order valence-electron chi connectivity index (χ3n) is 2.25. The number of carbonyl (C=O) groups is 1. The molecule has 0 saturated carbocycles. The third-order valence-corrected chi connectivity index (χ3v) is 2.43. The second kappa shape index (κ2) is 7.97. The lowest BCUT2D eigenvalue weighted by Crippen LogP contribution is -2.12. The van der Waals surface area contributed by atoms with Gasteiger partial charge in [-0.1, -0.05) is 12.8 Å². The lowest BCUT2D eigenvalue weighted by Gasteiger charge is -2.04. The lowest BCUT2D eigenvalue weighted by atomic mass is 10.1. The van der Waals surface area contributed by atoms with Crippen molar-refractivity contribution in [2.24, 2.45) is 5.73 Å². The minimum absolute atomic E-state index is 0.0486. The molecule has 0 unspecified atom stereocenters. The smallest absolute Gasteiger partial charge is 0.225 e. The maximum atomic E-state index is 11.5. The minimum atomic E-state index is -0.0486. The molecular formula is C11H17ClN4O. The first kappa shape index (κ1) is 13.9. The topological polar surface area (TPSA) is 80.9 Å². The van der Waals surface area contributed by atoms with Crippen LogP contribution in [-0.2, 0) is 4.79 Å². The Hall–Kier alpha value is -1.20. The van der Waals surface area contributed by atoms with Gasteiger partial charge in [0.05, 0.1) is 0 Å². The van der Waals surface area contributed by atoms with E-state index in [-0.39, 0.29) is 11.2 Å². The maximum Gasteiger partial charge on any atom is 0.225 e. The van der Waals surface area contributed by atoms with E-state index in [2.05, 4.69) is 15.3 Å². The number of rotatable bonds is 7. The zero-order valence-corrected chi connectivity index (χ0v) is 10.4. The second-order valence-corrected chi connectivity index (χ2v) is 4.05. The number of carbonyl (C=O) groups excluding carboxylic acids is 1. The zero-order valence-electron chi connectivity index (χ0n) is 9.66. The summed E-state index contributed by atoms with van der Waals surface area (Å²) in [6.45, 7) is 0.714. The molecular weight excluding hydrogens is 240 g/mol. The van der Waals surface area contributed by atoms with Crippen molar-refractivity contribution in [1.29, 1.82) is 0 Å². The number of anilines is 1. The number of aromatic nitrogens is 2. The Balaban J connectivity index is 2.21. The summed E-state index contributed by atoms with van der Waals surface area (Å²) in [5.41, 5.74) is 5.38. The van der Waals surface area contributed by atoms with Crippen LogP contribution in [0.1, 0.15) is 32.1 Å². The Labute approximate surface area is 106 Å². The van der Waals surface area contributed by atoms with Crippen LogP contribution in [0.4, 0.5) is 5.82 Å². The molecule has 0 aromatic carbocycles. The van der Waals surface area contributed by atoms with Crippen molar-refractivity contribution in [3.05, 3.63) is 17.5 Å². The van der Waals surface area contributed by atoms with Gasteiger partial charge in [-0.3, -0.25) is 4.79 Å². The molecule has 0 aliphatic carbocycles. The van der Waals surface area contributed by atoms with Crippen LogP contribution in [0.2, 0.25) is 5.28 Å².